The predicted octanol–water partition coefficient (Wildman–Crippen LogP) is 2.56. The van der Waals surface area contributed by atoms with E-state index in [1.807, 2.05) is 6.92 Å². The third kappa shape index (κ3) is 4.71. The van der Waals surface area contributed by atoms with Crippen LogP contribution in [0.25, 0.3) is 0 Å². The van der Waals surface area contributed by atoms with Gasteiger partial charge in [0.1, 0.15) is 0 Å². The maximum atomic E-state index is 12.1. The maximum Gasteiger partial charge on any atom is 0.253 e. The summed E-state index contributed by atoms with van der Waals surface area (Å²) in [6.07, 6.45) is 3.36. The summed E-state index contributed by atoms with van der Waals surface area (Å²) in [6.45, 7) is 3.54. The highest BCUT2D eigenvalue weighted by atomic mass is 35.5. The molecule has 2 amide bonds. The lowest BCUT2D eigenvalue weighted by Crippen LogP contribution is -2.29. The van der Waals surface area contributed by atoms with Crippen molar-refractivity contribution in [2.75, 3.05) is 18.4 Å². The Kier molecular flexibility index (Phi) is 6.21. The molecule has 1 saturated heterocycles. The highest BCUT2D eigenvalue weighted by molar-refractivity contribution is 6.31. The van der Waals surface area contributed by atoms with Crippen LogP contribution in [0.15, 0.2) is 18.2 Å². The van der Waals surface area contributed by atoms with E-state index >= 15 is 0 Å². The van der Waals surface area contributed by atoms with Crippen molar-refractivity contribution in [2.45, 2.75) is 38.6 Å². The number of nitrogens with one attached hydrogen (secondary N) is 3. The van der Waals surface area contributed by atoms with Crippen LogP contribution in [0, 0.1) is 0 Å². The SMILES string of the molecule is CCCNC(=O)c1ccc(Cl)cc1NC(=O)CC1CCCN1. The van der Waals surface area contributed by atoms with Crippen molar-refractivity contribution in [3.8, 4) is 0 Å². The van der Waals surface area contributed by atoms with Gasteiger partial charge in [0, 0.05) is 24.0 Å². The number of anilines is 1. The van der Waals surface area contributed by atoms with Crippen LogP contribution in [0.2, 0.25) is 5.02 Å². The number of amides is 2. The molecule has 0 aliphatic carbocycles. The van der Waals surface area contributed by atoms with Crippen LogP contribution in [-0.2, 0) is 4.79 Å². The van der Waals surface area contributed by atoms with Gasteiger partial charge < -0.3 is 16.0 Å². The van der Waals surface area contributed by atoms with E-state index in [4.69, 9.17) is 11.6 Å². The summed E-state index contributed by atoms with van der Waals surface area (Å²) < 4.78 is 0. The van der Waals surface area contributed by atoms with Crippen LogP contribution in [0.4, 0.5) is 5.69 Å². The molecule has 1 aliphatic rings. The summed E-state index contributed by atoms with van der Waals surface area (Å²) in [5, 5.41) is 9.39. The van der Waals surface area contributed by atoms with Gasteiger partial charge in [-0.3, -0.25) is 9.59 Å². The molecule has 0 aromatic heterocycles. The van der Waals surface area contributed by atoms with E-state index in [0.29, 0.717) is 29.2 Å². The third-order valence-electron chi connectivity index (χ3n) is 3.63. The molecule has 22 heavy (non-hydrogen) atoms. The van der Waals surface area contributed by atoms with Gasteiger partial charge in [0.2, 0.25) is 5.91 Å². The van der Waals surface area contributed by atoms with Crippen molar-refractivity contribution < 1.29 is 9.59 Å². The molecule has 3 N–H and O–H groups in total. The van der Waals surface area contributed by atoms with Crippen molar-refractivity contribution in [1.82, 2.24) is 10.6 Å². The van der Waals surface area contributed by atoms with Crippen molar-refractivity contribution >= 4 is 29.1 Å². The summed E-state index contributed by atoms with van der Waals surface area (Å²) in [5.41, 5.74) is 0.898. The first-order valence-corrected chi connectivity index (χ1v) is 8.09. The van der Waals surface area contributed by atoms with Gasteiger partial charge in [0.25, 0.3) is 5.91 Å². The summed E-state index contributed by atoms with van der Waals surface area (Å²) in [7, 11) is 0. The Balaban J connectivity index is 2.05. The van der Waals surface area contributed by atoms with E-state index in [1.54, 1.807) is 18.2 Å². The Morgan fingerprint density at radius 2 is 2.23 bits per heavy atom. The molecule has 0 spiro atoms. The Labute approximate surface area is 135 Å². The lowest BCUT2D eigenvalue weighted by Gasteiger charge is -2.14. The number of hydrogen-bond donors (Lipinski definition) is 3. The van der Waals surface area contributed by atoms with Crippen molar-refractivity contribution in [3.05, 3.63) is 28.8 Å². The number of benzene rings is 1. The van der Waals surface area contributed by atoms with Crippen molar-refractivity contribution in [2.24, 2.45) is 0 Å². The fourth-order valence-electron chi connectivity index (χ4n) is 2.51. The van der Waals surface area contributed by atoms with Crippen molar-refractivity contribution in [1.29, 1.82) is 0 Å². The zero-order valence-corrected chi connectivity index (χ0v) is 13.5. The molecule has 0 bridgehead atoms. The number of hydrogen-bond acceptors (Lipinski definition) is 3. The predicted molar refractivity (Wildman–Crippen MR) is 88.3 cm³/mol. The van der Waals surface area contributed by atoms with Gasteiger partial charge >= 0.3 is 0 Å². The minimum atomic E-state index is -0.201. The first-order chi connectivity index (χ1) is 10.6. The summed E-state index contributed by atoms with van der Waals surface area (Å²) in [6, 6.07) is 5.12. The average Bonchev–Trinajstić information content (AvgIpc) is 2.97. The van der Waals surface area contributed by atoms with Crippen molar-refractivity contribution in [3.63, 3.8) is 0 Å². The topological polar surface area (TPSA) is 70.2 Å². The molecule has 0 radical (unpaired) electrons. The van der Waals surface area contributed by atoms with Gasteiger partial charge in [-0.1, -0.05) is 18.5 Å². The highest BCUT2D eigenvalue weighted by Crippen LogP contribution is 2.22. The van der Waals surface area contributed by atoms with Gasteiger partial charge in [-0.25, -0.2) is 0 Å². The van der Waals surface area contributed by atoms with Gasteiger partial charge in [-0.05, 0) is 44.0 Å². The minimum absolute atomic E-state index is 0.105. The first-order valence-electron chi connectivity index (χ1n) is 7.71. The van der Waals surface area contributed by atoms with Crippen LogP contribution >= 0.6 is 11.6 Å². The molecule has 1 aromatic carbocycles. The normalized spacial score (nSPS) is 17.3. The molecule has 120 valence electrons. The highest BCUT2D eigenvalue weighted by Gasteiger charge is 2.19. The largest absolute Gasteiger partial charge is 0.352 e. The quantitative estimate of drug-likeness (QED) is 0.753. The maximum absolute atomic E-state index is 12.1. The molecule has 1 atom stereocenters. The first kappa shape index (κ1) is 16.8. The number of carbonyl (C=O) groups is 2. The molecule has 6 heteroatoms. The van der Waals surface area contributed by atoms with Gasteiger partial charge in [-0.15, -0.1) is 0 Å². The summed E-state index contributed by atoms with van der Waals surface area (Å²) >= 11 is 5.98. The van der Waals surface area contributed by atoms with Gasteiger partial charge in [0.05, 0.1) is 11.3 Å². The van der Waals surface area contributed by atoms with Crippen LogP contribution < -0.4 is 16.0 Å². The Morgan fingerprint density at radius 3 is 2.91 bits per heavy atom. The number of carbonyl (C=O) groups excluding carboxylic acids is 2. The standard InChI is InChI=1S/C16H22ClN3O2/c1-2-7-19-16(22)13-6-5-11(17)9-14(13)20-15(21)10-12-4-3-8-18-12/h5-6,9,12,18H,2-4,7-8,10H2,1H3,(H,19,22)(H,20,21). The van der Waals surface area contributed by atoms with Crippen LogP contribution in [0.5, 0.6) is 0 Å². The monoisotopic (exact) mass is 323 g/mol. The second-order valence-corrected chi connectivity index (χ2v) is 5.93. The molecule has 1 aliphatic heterocycles. The van der Waals surface area contributed by atoms with E-state index in [0.717, 1.165) is 25.8 Å². The zero-order valence-electron chi connectivity index (χ0n) is 12.7. The van der Waals surface area contributed by atoms with Crippen LogP contribution in [-0.4, -0.2) is 30.9 Å². The lowest BCUT2D eigenvalue weighted by atomic mass is 10.1. The van der Waals surface area contributed by atoms with Gasteiger partial charge in [0.15, 0.2) is 0 Å². The Morgan fingerprint density at radius 1 is 1.41 bits per heavy atom. The molecule has 1 unspecified atom stereocenters. The molecular weight excluding hydrogens is 302 g/mol. The average molecular weight is 324 g/mol. The molecule has 1 heterocycles. The van der Waals surface area contributed by atoms with E-state index in [9.17, 15) is 9.59 Å². The Hall–Kier alpha value is -1.59. The molecule has 1 aromatic rings. The lowest BCUT2D eigenvalue weighted by molar-refractivity contribution is -0.116. The zero-order chi connectivity index (χ0) is 15.9. The van der Waals surface area contributed by atoms with E-state index in [1.165, 1.54) is 0 Å². The fraction of sp³-hybridized carbons (Fsp3) is 0.500. The molecular formula is C16H22ClN3O2. The van der Waals surface area contributed by atoms with Gasteiger partial charge in [-0.2, -0.15) is 0 Å². The van der Waals surface area contributed by atoms with Crippen LogP contribution in [0.1, 0.15) is 43.0 Å². The minimum Gasteiger partial charge on any atom is -0.352 e. The summed E-state index contributed by atoms with van der Waals surface area (Å²) in [4.78, 5) is 24.3. The number of halogens is 1. The summed E-state index contributed by atoms with van der Waals surface area (Å²) in [5.74, 6) is -0.306. The third-order valence-corrected chi connectivity index (χ3v) is 3.87. The molecule has 5 nitrogen and oxygen atoms in total. The van der Waals surface area contributed by atoms with E-state index < -0.39 is 0 Å². The second kappa shape index (κ2) is 8.15. The van der Waals surface area contributed by atoms with E-state index in [-0.39, 0.29) is 17.9 Å². The molecule has 1 fully saturated rings. The molecule has 2 rings (SSSR count). The fourth-order valence-corrected chi connectivity index (χ4v) is 2.68. The van der Waals surface area contributed by atoms with Crippen LogP contribution in [0.3, 0.4) is 0 Å². The Bertz CT molecular complexity index is 542. The van der Waals surface area contributed by atoms with E-state index in [2.05, 4.69) is 16.0 Å². The smallest absolute Gasteiger partial charge is 0.253 e. The number of rotatable bonds is 6. The second-order valence-electron chi connectivity index (χ2n) is 5.49. The molecule has 0 saturated carbocycles.